The first-order valence-electron chi connectivity index (χ1n) is 7.92. The maximum absolute atomic E-state index is 13.9. The SMILES string of the molecule is [C-]#[N+]c1ccc(-n2cc(S(=O)(=O)CF)c3c2CCC(F)(F)[C@H]3O)cc1C(F)F. The Morgan fingerprint density at radius 3 is 2.61 bits per heavy atom. The minimum absolute atomic E-state index is 0.0170. The standard InChI is InChI=1S/C17H13F5N2O3S/c1-23-11-3-2-9(6-10(11)16(19)20)24-7-13(28(26,27)8-18)14-12(24)4-5-17(21,22)15(14)25/h2-3,6-7,15-16,25H,4-5,8H2/t15-/m0/s1. The molecular formula is C17H13F5N2O3S. The van der Waals surface area contributed by atoms with Gasteiger partial charge in [0.1, 0.15) is 6.10 Å². The van der Waals surface area contributed by atoms with Crippen LogP contribution in [0.3, 0.4) is 0 Å². The summed E-state index contributed by atoms with van der Waals surface area (Å²) in [6.07, 6.45) is -5.81. The van der Waals surface area contributed by atoms with E-state index in [4.69, 9.17) is 6.57 Å². The van der Waals surface area contributed by atoms with Gasteiger partial charge in [0.2, 0.25) is 9.84 Å². The Hall–Kier alpha value is -2.45. The molecule has 150 valence electrons. The average molecular weight is 420 g/mol. The molecule has 2 aromatic rings. The van der Waals surface area contributed by atoms with Crippen LogP contribution >= 0.6 is 0 Å². The number of alkyl halides is 5. The first-order chi connectivity index (χ1) is 13.0. The van der Waals surface area contributed by atoms with Gasteiger partial charge in [-0.1, -0.05) is 6.07 Å². The maximum Gasteiger partial charge on any atom is 0.278 e. The largest absolute Gasteiger partial charge is 0.382 e. The van der Waals surface area contributed by atoms with Gasteiger partial charge in [0.15, 0.2) is 11.7 Å². The highest BCUT2D eigenvalue weighted by Crippen LogP contribution is 2.46. The van der Waals surface area contributed by atoms with E-state index in [1.54, 1.807) is 0 Å². The van der Waals surface area contributed by atoms with E-state index in [1.807, 2.05) is 0 Å². The fourth-order valence-corrected chi connectivity index (χ4v) is 4.17. The zero-order valence-electron chi connectivity index (χ0n) is 14.0. The third kappa shape index (κ3) is 3.16. The summed E-state index contributed by atoms with van der Waals surface area (Å²) in [5, 5.41) is 10.0. The van der Waals surface area contributed by atoms with Crippen LogP contribution in [0.2, 0.25) is 0 Å². The number of fused-ring (bicyclic) bond motifs is 1. The van der Waals surface area contributed by atoms with Crippen LogP contribution in [-0.2, 0) is 16.3 Å². The second-order valence-electron chi connectivity index (χ2n) is 6.27. The van der Waals surface area contributed by atoms with E-state index in [9.17, 15) is 35.5 Å². The quantitative estimate of drug-likeness (QED) is 0.593. The van der Waals surface area contributed by atoms with Crippen molar-refractivity contribution in [2.45, 2.75) is 36.2 Å². The molecule has 0 amide bonds. The minimum Gasteiger partial charge on any atom is -0.382 e. The van der Waals surface area contributed by atoms with Gasteiger partial charge in [0, 0.05) is 35.1 Å². The monoisotopic (exact) mass is 420 g/mol. The highest BCUT2D eigenvalue weighted by Gasteiger charge is 2.47. The van der Waals surface area contributed by atoms with E-state index >= 15 is 0 Å². The molecule has 0 spiro atoms. The minimum atomic E-state index is -4.63. The third-order valence-corrected chi connectivity index (χ3v) is 5.89. The molecule has 1 N–H and O–H groups in total. The lowest BCUT2D eigenvalue weighted by molar-refractivity contribution is -0.123. The average Bonchev–Trinajstić information content (AvgIpc) is 3.05. The van der Waals surface area contributed by atoms with Gasteiger partial charge in [-0.3, -0.25) is 0 Å². The van der Waals surface area contributed by atoms with Crippen molar-refractivity contribution >= 4 is 15.5 Å². The number of hydrogen-bond donors (Lipinski definition) is 1. The topological polar surface area (TPSA) is 63.7 Å². The number of benzene rings is 1. The van der Waals surface area contributed by atoms with Gasteiger partial charge in [-0.25, -0.2) is 35.2 Å². The fourth-order valence-electron chi connectivity index (χ4n) is 3.22. The molecule has 0 saturated heterocycles. The molecule has 5 nitrogen and oxygen atoms in total. The van der Waals surface area contributed by atoms with Gasteiger partial charge in [0.05, 0.1) is 11.5 Å². The van der Waals surface area contributed by atoms with Crippen molar-refractivity contribution in [1.82, 2.24) is 4.57 Å². The molecule has 1 aromatic heterocycles. The van der Waals surface area contributed by atoms with Gasteiger partial charge in [-0.15, -0.1) is 0 Å². The molecule has 0 saturated carbocycles. The lowest BCUT2D eigenvalue weighted by Gasteiger charge is -2.29. The molecule has 1 aliphatic rings. The molecule has 1 atom stereocenters. The number of hydrogen-bond acceptors (Lipinski definition) is 3. The molecule has 0 radical (unpaired) electrons. The molecule has 0 aliphatic heterocycles. The first-order valence-corrected chi connectivity index (χ1v) is 9.57. The molecule has 11 heteroatoms. The lowest BCUT2D eigenvalue weighted by atomic mass is 9.91. The summed E-state index contributed by atoms with van der Waals surface area (Å²) in [5.41, 5.74) is -1.63. The van der Waals surface area contributed by atoms with Crippen LogP contribution in [0.15, 0.2) is 29.3 Å². The molecule has 0 fully saturated rings. The Kier molecular flexibility index (Phi) is 4.97. The molecule has 0 unspecified atom stereocenters. The Labute approximate surface area is 156 Å². The zero-order chi connectivity index (χ0) is 20.9. The van der Waals surface area contributed by atoms with E-state index < -0.39 is 56.7 Å². The van der Waals surface area contributed by atoms with Crippen LogP contribution in [0.5, 0.6) is 0 Å². The number of aliphatic hydroxyl groups is 1. The van der Waals surface area contributed by atoms with Crippen LogP contribution < -0.4 is 0 Å². The lowest BCUT2D eigenvalue weighted by Crippen LogP contribution is -2.33. The van der Waals surface area contributed by atoms with Gasteiger partial charge >= 0.3 is 0 Å². The van der Waals surface area contributed by atoms with E-state index in [0.29, 0.717) is 0 Å². The summed E-state index contributed by atoms with van der Waals surface area (Å²) in [7, 11) is -4.63. The smallest absolute Gasteiger partial charge is 0.278 e. The Morgan fingerprint density at radius 1 is 1.36 bits per heavy atom. The van der Waals surface area contributed by atoms with Crippen molar-refractivity contribution in [3.05, 3.63) is 52.6 Å². The van der Waals surface area contributed by atoms with E-state index in [-0.39, 0.29) is 23.5 Å². The van der Waals surface area contributed by atoms with Crippen molar-refractivity contribution in [3.63, 3.8) is 0 Å². The van der Waals surface area contributed by atoms with E-state index in [2.05, 4.69) is 4.85 Å². The molecule has 3 rings (SSSR count). The molecule has 1 aromatic carbocycles. The summed E-state index contributed by atoms with van der Waals surface area (Å²) in [4.78, 5) is 2.16. The number of aliphatic hydroxyl groups excluding tert-OH is 1. The van der Waals surface area contributed by atoms with Crippen molar-refractivity contribution in [1.29, 1.82) is 0 Å². The number of rotatable bonds is 4. The second kappa shape index (κ2) is 6.86. The molecular weight excluding hydrogens is 407 g/mol. The van der Waals surface area contributed by atoms with Crippen LogP contribution in [0.1, 0.15) is 35.8 Å². The predicted octanol–water partition coefficient (Wildman–Crippen LogP) is 4.28. The number of aromatic nitrogens is 1. The number of nitrogens with zero attached hydrogens (tertiary/aromatic N) is 2. The Morgan fingerprint density at radius 2 is 2.04 bits per heavy atom. The normalized spacial score (nSPS) is 18.7. The summed E-state index contributed by atoms with van der Waals surface area (Å²) < 4.78 is 92.5. The summed E-state index contributed by atoms with van der Waals surface area (Å²) in [6.45, 7) is 6.93. The summed E-state index contributed by atoms with van der Waals surface area (Å²) in [6, 6.07) is 1.39. The first kappa shape index (κ1) is 20.3. The van der Waals surface area contributed by atoms with Crippen molar-refractivity contribution in [2.24, 2.45) is 0 Å². The fraction of sp³-hybridized carbons (Fsp3) is 0.353. The summed E-state index contributed by atoms with van der Waals surface area (Å²) in [5.74, 6) is -3.62. The van der Waals surface area contributed by atoms with Crippen LogP contribution in [0.4, 0.5) is 27.6 Å². The highest BCUT2D eigenvalue weighted by molar-refractivity contribution is 7.91. The van der Waals surface area contributed by atoms with E-state index in [0.717, 1.165) is 22.9 Å². The number of halogens is 5. The summed E-state index contributed by atoms with van der Waals surface area (Å²) >= 11 is 0. The van der Waals surface area contributed by atoms with Crippen molar-refractivity contribution in [3.8, 4) is 5.69 Å². The zero-order valence-corrected chi connectivity index (χ0v) is 14.9. The van der Waals surface area contributed by atoms with Crippen molar-refractivity contribution < 1.29 is 35.5 Å². The maximum atomic E-state index is 13.9. The number of sulfone groups is 1. The predicted molar refractivity (Wildman–Crippen MR) is 88.4 cm³/mol. The highest BCUT2D eigenvalue weighted by atomic mass is 32.2. The van der Waals surface area contributed by atoms with Crippen LogP contribution in [0.25, 0.3) is 10.5 Å². The molecule has 1 heterocycles. The van der Waals surface area contributed by atoms with Gasteiger partial charge in [-0.2, -0.15) is 0 Å². The van der Waals surface area contributed by atoms with Gasteiger partial charge in [-0.05, 0) is 18.6 Å². The second-order valence-corrected chi connectivity index (χ2v) is 8.15. The third-order valence-electron chi connectivity index (χ3n) is 4.61. The van der Waals surface area contributed by atoms with E-state index in [1.165, 1.54) is 6.07 Å². The Bertz CT molecular complexity index is 1070. The molecule has 0 bridgehead atoms. The molecule has 28 heavy (non-hydrogen) atoms. The van der Waals surface area contributed by atoms with Gasteiger partial charge < -0.3 is 9.67 Å². The Balaban J connectivity index is 2.29. The van der Waals surface area contributed by atoms with Crippen LogP contribution in [-0.4, -0.2) is 30.0 Å². The molecule has 1 aliphatic carbocycles. The van der Waals surface area contributed by atoms with Gasteiger partial charge in [0.25, 0.3) is 12.3 Å². The van der Waals surface area contributed by atoms with Crippen molar-refractivity contribution in [2.75, 3.05) is 6.01 Å². The van der Waals surface area contributed by atoms with Crippen LogP contribution in [0, 0.1) is 6.57 Å².